The van der Waals surface area contributed by atoms with Crippen molar-refractivity contribution in [2.24, 2.45) is 5.41 Å². The number of pyridine rings is 1. The molecule has 1 aromatic carbocycles. The molecule has 0 amide bonds. The molecule has 2 aromatic rings. The predicted molar refractivity (Wildman–Crippen MR) is 155 cm³/mol. The number of nitrogens with zero attached hydrogens (tertiary/aromatic N) is 1. The molecule has 5 rings (SSSR count). The van der Waals surface area contributed by atoms with Crippen LogP contribution in [0.15, 0.2) is 24.3 Å². The number of halogens is 3. The summed E-state index contributed by atoms with van der Waals surface area (Å²) >= 11 is 0. The second-order valence-corrected chi connectivity index (χ2v) is 19.0. The van der Waals surface area contributed by atoms with Gasteiger partial charge in [-0.15, -0.1) is 0 Å². The van der Waals surface area contributed by atoms with Crippen molar-refractivity contribution in [2.75, 3.05) is 20.3 Å². The number of alkyl halides is 3. The van der Waals surface area contributed by atoms with Crippen molar-refractivity contribution >= 4 is 14.3 Å². The minimum absolute atomic E-state index is 0.0348. The minimum Gasteiger partial charge on any atom is -0.464 e. The molecule has 1 saturated heterocycles. The molecule has 1 fully saturated rings. The quantitative estimate of drug-likeness (QED) is 0.260. The van der Waals surface area contributed by atoms with Gasteiger partial charge < -0.3 is 18.6 Å². The number of fused-ring (bicyclic) bond motifs is 4. The number of carbonyl (C=O) groups excluding carboxylic acids is 1. The zero-order valence-corrected chi connectivity index (χ0v) is 26.8. The highest BCUT2D eigenvalue weighted by Gasteiger charge is 2.54. The summed E-state index contributed by atoms with van der Waals surface area (Å²) in [5.74, 6) is -0.594. The molecule has 2 aliphatic heterocycles. The summed E-state index contributed by atoms with van der Waals surface area (Å²) < 4.78 is 65.3. The van der Waals surface area contributed by atoms with E-state index in [0.717, 1.165) is 35.4 Å². The van der Waals surface area contributed by atoms with Crippen LogP contribution in [0.25, 0.3) is 0 Å². The van der Waals surface area contributed by atoms with E-state index in [1.54, 1.807) is 0 Å². The van der Waals surface area contributed by atoms with Crippen molar-refractivity contribution in [3.8, 4) is 0 Å². The van der Waals surface area contributed by atoms with E-state index in [9.17, 15) is 18.0 Å². The summed E-state index contributed by atoms with van der Waals surface area (Å²) in [5.41, 5.74) is 2.24. The van der Waals surface area contributed by atoms with Crippen molar-refractivity contribution < 1.29 is 36.6 Å². The predicted octanol–water partition coefficient (Wildman–Crippen LogP) is 8.05. The van der Waals surface area contributed by atoms with E-state index < -0.39 is 37.7 Å². The molecule has 1 spiro atoms. The number of esters is 1. The third-order valence-electron chi connectivity index (χ3n) is 9.58. The molecular formula is C32H42F3NO5Si. The van der Waals surface area contributed by atoms with Crippen molar-refractivity contribution in [1.82, 2.24) is 4.98 Å². The normalized spacial score (nSPS) is 23.4. The Labute approximate surface area is 247 Å². The summed E-state index contributed by atoms with van der Waals surface area (Å²) in [6, 6.07) is 4.98. The Morgan fingerprint density at radius 3 is 2.21 bits per heavy atom. The van der Waals surface area contributed by atoms with Crippen molar-refractivity contribution in [3.63, 3.8) is 0 Å². The summed E-state index contributed by atoms with van der Waals surface area (Å²) in [6.07, 6.45) is -3.02. The number of carbonyl (C=O) groups is 1. The van der Waals surface area contributed by atoms with Gasteiger partial charge in [0.1, 0.15) is 6.10 Å². The lowest BCUT2D eigenvalue weighted by molar-refractivity contribution is -0.137. The van der Waals surface area contributed by atoms with Gasteiger partial charge in [0.05, 0.1) is 24.4 Å². The maximum absolute atomic E-state index is 13.4. The lowest BCUT2D eigenvalue weighted by atomic mass is 9.70. The fourth-order valence-corrected chi connectivity index (χ4v) is 7.67. The smallest absolute Gasteiger partial charge is 0.416 e. The van der Waals surface area contributed by atoms with Crippen LogP contribution in [0.2, 0.25) is 18.1 Å². The van der Waals surface area contributed by atoms with Gasteiger partial charge in [0, 0.05) is 48.4 Å². The average molecular weight is 606 g/mol. The van der Waals surface area contributed by atoms with Gasteiger partial charge in [-0.05, 0) is 54.1 Å². The molecule has 6 nitrogen and oxygen atoms in total. The number of ether oxygens (including phenoxy) is 3. The third kappa shape index (κ3) is 5.44. The fraction of sp³-hybridized carbons (Fsp3) is 0.625. The van der Waals surface area contributed by atoms with E-state index >= 15 is 0 Å². The first kappa shape index (κ1) is 31.2. The molecule has 2 atom stereocenters. The van der Waals surface area contributed by atoms with Gasteiger partial charge in [-0.25, -0.2) is 9.78 Å². The summed E-state index contributed by atoms with van der Waals surface area (Å²) in [4.78, 5) is 18.3. The van der Waals surface area contributed by atoms with Crippen LogP contribution in [0, 0.1) is 5.41 Å². The first-order valence-electron chi connectivity index (χ1n) is 14.7. The van der Waals surface area contributed by atoms with E-state index in [1.165, 1.54) is 19.2 Å². The van der Waals surface area contributed by atoms with Gasteiger partial charge in [-0.2, -0.15) is 13.2 Å². The fourth-order valence-electron chi connectivity index (χ4n) is 6.40. The number of benzene rings is 1. The molecule has 10 heteroatoms. The van der Waals surface area contributed by atoms with E-state index in [0.29, 0.717) is 43.6 Å². The summed E-state index contributed by atoms with van der Waals surface area (Å²) in [5, 5.41) is -0.0348. The molecule has 3 aliphatic rings. The first-order valence-corrected chi connectivity index (χ1v) is 17.6. The zero-order valence-electron chi connectivity index (χ0n) is 25.8. The van der Waals surface area contributed by atoms with Gasteiger partial charge in [0.2, 0.25) is 0 Å². The number of methoxy groups -OCH3 is 1. The molecule has 0 bridgehead atoms. The number of aromatic nitrogens is 1. The van der Waals surface area contributed by atoms with Gasteiger partial charge >= 0.3 is 12.1 Å². The Morgan fingerprint density at radius 2 is 1.67 bits per heavy atom. The van der Waals surface area contributed by atoms with Crippen LogP contribution < -0.4 is 0 Å². The molecular weight excluding hydrogens is 563 g/mol. The number of hydrogen-bond acceptors (Lipinski definition) is 6. The topological polar surface area (TPSA) is 66.9 Å². The van der Waals surface area contributed by atoms with Gasteiger partial charge in [-0.1, -0.05) is 46.8 Å². The van der Waals surface area contributed by atoms with Crippen LogP contribution in [0.5, 0.6) is 0 Å². The molecule has 0 radical (unpaired) electrons. The summed E-state index contributed by atoms with van der Waals surface area (Å²) in [6.45, 7) is 16.4. The van der Waals surface area contributed by atoms with E-state index in [1.807, 2.05) is 0 Å². The second-order valence-electron chi connectivity index (χ2n) is 14.2. The van der Waals surface area contributed by atoms with Crippen LogP contribution in [0.3, 0.4) is 0 Å². The Hall–Kier alpha value is -2.27. The lowest BCUT2D eigenvalue weighted by Crippen LogP contribution is -2.45. The highest BCUT2D eigenvalue weighted by molar-refractivity contribution is 6.74. The zero-order chi connectivity index (χ0) is 30.9. The standard InChI is InChI=1S/C32H42F3NO5Si/c1-29(2,3)42(7,8)41-22-18-30(4,5)17-21-23(22)25-24(26(36-21)28(37)38-6)27(40-31(25)13-15-39-16-14-31)19-9-11-20(12-10-19)32(33,34)35/h9-12,22,27H,13-18H2,1-8H3/t22?,27-/m1/s1. The lowest BCUT2D eigenvalue weighted by Gasteiger charge is -2.46. The molecule has 230 valence electrons. The molecule has 1 unspecified atom stereocenters. The SMILES string of the molecule is COC(=O)c1nc2c(c3c1[C@@H](c1ccc(C(F)(F)F)cc1)OC31CCOCC1)C(O[Si](C)(C)C(C)(C)C)CC(C)(C)C2. The highest BCUT2D eigenvalue weighted by atomic mass is 28.4. The molecule has 1 aliphatic carbocycles. The first-order chi connectivity index (χ1) is 19.4. The van der Waals surface area contributed by atoms with Gasteiger partial charge in [0.25, 0.3) is 0 Å². The maximum Gasteiger partial charge on any atom is 0.416 e. The molecule has 42 heavy (non-hydrogen) atoms. The van der Waals surface area contributed by atoms with Crippen LogP contribution >= 0.6 is 0 Å². The third-order valence-corrected chi connectivity index (χ3v) is 14.1. The van der Waals surface area contributed by atoms with E-state index in [2.05, 4.69) is 47.7 Å². The van der Waals surface area contributed by atoms with E-state index in [-0.39, 0.29) is 22.3 Å². The summed E-state index contributed by atoms with van der Waals surface area (Å²) in [7, 11) is -0.940. The largest absolute Gasteiger partial charge is 0.464 e. The molecule has 1 aromatic heterocycles. The monoisotopic (exact) mass is 605 g/mol. The Bertz CT molecular complexity index is 1360. The maximum atomic E-state index is 13.4. The molecule has 0 saturated carbocycles. The van der Waals surface area contributed by atoms with Gasteiger partial charge in [-0.3, -0.25) is 0 Å². The van der Waals surface area contributed by atoms with Crippen LogP contribution in [-0.4, -0.2) is 39.6 Å². The number of rotatable bonds is 4. The van der Waals surface area contributed by atoms with Crippen molar-refractivity contribution in [3.05, 3.63) is 63.5 Å². The second kappa shape index (κ2) is 10.4. The van der Waals surface area contributed by atoms with Crippen molar-refractivity contribution in [2.45, 2.75) is 102 Å². The van der Waals surface area contributed by atoms with Gasteiger partial charge in [0.15, 0.2) is 14.0 Å². The Morgan fingerprint density at radius 1 is 1.05 bits per heavy atom. The molecule has 3 heterocycles. The van der Waals surface area contributed by atoms with Crippen LogP contribution in [0.4, 0.5) is 13.2 Å². The van der Waals surface area contributed by atoms with Crippen LogP contribution in [0.1, 0.15) is 110 Å². The van der Waals surface area contributed by atoms with Crippen molar-refractivity contribution in [1.29, 1.82) is 0 Å². The molecule has 0 N–H and O–H groups in total. The Balaban J connectivity index is 1.78. The average Bonchev–Trinajstić information content (AvgIpc) is 3.20. The minimum atomic E-state index is -4.46. The number of hydrogen-bond donors (Lipinski definition) is 0. The highest BCUT2D eigenvalue weighted by Crippen LogP contribution is 2.58. The van der Waals surface area contributed by atoms with Crippen LogP contribution in [-0.2, 0) is 36.8 Å². The van der Waals surface area contributed by atoms with E-state index in [4.69, 9.17) is 23.6 Å². The Kier molecular flexibility index (Phi) is 7.73.